The monoisotopic (exact) mass is 604 g/mol. The van der Waals surface area contributed by atoms with E-state index in [0.717, 1.165) is 0 Å². The quantitative estimate of drug-likeness (QED) is 0.174. The molecule has 4 heterocycles. The summed E-state index contributed by atoms with van der Waals surface area (Å²) >= 11 is 1.92. The van der Waals surface area contributed by atoms with Crippen LogP contribution in [0.25, 0.3) is 69.5 Å². The molecule has 46 heavy (non-hydrogen) atoms. The second-order valence-corrected chi connectivity index (χ2v) is 13.4. The van der Waals surface area contributed by atoms with Crippen molar-refractivity contribution >= 4 is 92.2 Å². The van der Waals surface area contributed by atoms with E-state index in [-0.39, 0.29) is 6.04 Å². The molecule has 0 amide bonds. The summed E-state index contributed by atoms with van der Waals surface area (Å²) in [4.78, 5) is 0. The van der Waals surface area contributed by atoms with Crippen molar-refractivity contribution < 1.29 is 0 Å². The summed E-state index contributed by atoms with van der Waals surface area (Å²) in [5.41, 5.74) is 9.91. The molecule has 0 saturated heterocycles. The van der Waals surface area contributed by atoms with Gasteiger partial charge in [-0.25, -0.2) is 0 Å². The first kappa shape index (κ1) is 24.6. The second-order valence-electron chi connectivity index (χ2n) is 12.3. The van der Waals surface area contributed by atoms with Crippen molar-refractivity contribution in [3.8, 4) is 5.69 Å². The molecule has 1 atom stereocenters. The summed E-state index contributed by atoms with van der Waals surface area (Å²) in [6.45, 7) is 0. The van der Waals surface area contributed by atoms with Gasteiger partial charge in [0.15, 0.2) is 0 Å². The van der Waals surface area contributed by atoms with E-state index < -0.39 is 0 Å². The molecule has 2 aliphatic rings. The summed E-state index contributed by atoms with van der Waals surface area (Å²) in [5, 5.41) is 7.87. The Morgan fingerprint density at radius 1 is 0.543 bits per heavy atom. The SMILES string of the molecule is C1=CC2=[N+](c3ccc(-n4c5ccccc5c5ccccc54)cc3)c3cccc4c5ccc6c7ccccc7sc6c5n(c34)C2C=C1. The summed E-state index contributed by atoms with van der Waals surface area (Å²) < 4.78 is 10.2. The van der Waals surface area contributed by atoms with Crippen LogP contribution < -0.4 is 4.58 Å². The molecule has 1 aliphatic heterocycles. The number of para-hydroxylation sites is 3. The molecule has 0 N–H and O–H groups in total. The molecule has 0 radical (unpaired) electrons. The predicted molar refractivity (Wildman–Crippen MR) is 197 cm³/mol. The van der Waals surface area contributed by atoms with Crippen LogP contribution >= 0.6 is 11.3 Å². The fourth-order valence-electron chi connectivity index (χ4n) is 8.13. The molecule has 1 aliphatic carbocycles. The number of hydrogen-bond acceptors (Lipinski definition) is 1. The molecule has 6 aromatic carbocycles. The first-order chi connectivity index (χ1) is 22.8. The summed E-state index contributed by atoms with van der Waals surface area (Å²) in [7, 11) is 0. The van der Waals surface area contributed by atoms with E-state index in [9.17, 15) is 0 Å². The van der Waals surface area contributed by atoms with Crippen LogP contribution in [0.4, 0.5) is 11.4 Å². The minimum Gasteiger partial charge on any atom is -0.316 e. The topological polar surface area (TPSA) is 12.9 Å². The number of benzene rings is 6. The molecule has 0 fully saturated rings. The largest absolute Gasteiger partial charge is 0.316 e. The van der Waals surface area contributed by atoms with Crippen molar-refractivity contribution in [2.45, 2.75) is 6.04 Å². The van der Waals surface area contributed by atoms with Crippen LogP contribution in [0.2, 0.25) is 0 Å². The highest BCUT2D eigenvalue weighted by Crippen LogP contribution is 2.48. The number of aromatic nitrogens is 2. The maximum atomic E-state index is 2.61. The van der Waals surface area contributed by atoms with Gasteiger partial charge in [-0.3, -0.25) is 0 Å². The summed E-state index contributed by atoms with van der Waals surface area (Å²) in [5.74, 6) is 0. The fourth-order valence-corrected chi connectivity index (χ4v) is 9.38. The van der Waals surface area contributed by atoms with E-state index in [1.165, 1.54) is 86.6 Å². The van der Waals surface area contributed by atoms with E-state index in [0.29, 0.717) is 0 Å². The lowest BCUT2D eigenvalue weighted by Gasteiger charge is -2.24. The standard InChI is InChI=1S/C42H26N3S/c1-4-14-34-28(10-1)29-11-2-5-15-35(29)43(34)26-20-22-27(23-21-26)44-36-16-6-7-17-37(36)45-40-31(13-9-18-38(40)44)32-24-25-33-30-12-3-8-19-39(30)46-42(33)41(32)45/h1-25,37H/q+1. The van der Waals surface area contributed by atoms with E-state index in [1.54, 1.807) is 0 Å². The lowest BCUT2D eigenvalue weighted by atomic mass is 10.0. The molecule has 214 valence electrons. The number of nitrogens with zero attached hydrogens (tertiary/aromatic N) is 3. The van der Waals surface area contributed by atoms with E-state index in [2.05, 4.69) is 165 Å². The Labute approximate surface area is 268 Å². The maximum absolute atomic E-state index is 2.61. The Kier molecular flexibility index (Phi) is 4.78. The van der Waals surface area contributed by atoms with Gasteiger partial charge in [0.05, 0.1) is 21.3 Å². The van der Waals surface area contributed by atoms with Crippen LogP contribution in [0.3, 0.4) is 0 Å². The second kappa shape index (κ2) is 8.94. The highest BCUT2D eigenvalue weighted by molar-refractivity contribution is 7.26. The zero-order chi connectivity index (χ0) is 29.9. The van der Waals surface area contributed by atoms with Crippen molar-refractivity contribution in [1.29, 1.82) is 0 Å². The van der Waals surface area contributed by atoms with E-state index in [1.807, 2.05) is 11.3 Å². The minimum absolute atomic E-state index is 0.0905. The van der Waals surface area contributed by atoms with Crippen LogP contribution in [-0.4, -0.2) is 14.8 Å². The van der Waals surface area contributed by atoms with Gasteiger partial charge in [-0.2, -0.15) is 4.58 Å². The molecule has 0 bridgehead atoms. The van der Waals surface area contributed by atoms with E-state index in [4.69, 9.17) is 0 Å². The number of thiophene rings is 1. The molecule has 1 unspecified atom stereocenters. The maximum Gasteiger partial charge on any atom is 0.235 e. The van der Waals surface area contributed by atoms with Crippen molar-refractivity contribution in [2.75, 3.05) is 0 Å². The van der Waals surface area contributed by atoms with Crippen molar-refractivity contribution in [3.63, 3.8) is 0 Å². The average Bonchev–Trinajstić information content (AvgIpc) is 3.78. The summed E-state index contributed by atoms with van der Waals surface area (Å²) in [6.07, 6.45) is 9.03. The van der Waals surface area contributed by atoms with Crippen LogP contribution in [0.15, 0.2) is 152 Å². The molecule has 0 saturated carbocycles. The van der Waals surface area contributed by atoms with Crippen molar-refractivity contribution in [1.82, 2.24) is 13.7 Å². The number of rotatable bonds is 2. The third-order valence-corrected chi connectivity index (χ3v) is 11.2. The first-order valence-corrected chi connectivity index (χ1v) is 16.6. The third-order valence-electron chi connectivity index (χ3n) is 10.0. The van der Waals surface area contributed by atoms with Crippen LogP contribution in [0.1, 0.15) is 6.04 Å². The van der Waals surface area contributed by atoms with Gasteiger partial charge in [0.25, 0.3) is 0 Å². The number of hydrogen-bond donors (Lipinski definition) is 0. The van der Waals surface area contributed by atoms with Gasteiger partial charge in [-0.05, 0) is 30.3 Å². The number of allylic oxidation sites excluding steroid dienone is 4. The van der Waals surface area contributed by atoms with Crippen molar-refractivity contribution in [2.24, 2.45) is 0 Å². The fraction of sp³-hybridized carbons (Fsp3) is 0.0238. The molecule has 3 nitrogen and oxygen atoms in total. The molecule has 3 aromatic heterocycles. The molecule has 0 spiro atoms. The molecular formula is C42H26N3S+. The van der Waals surface area contributed by atoms with Gasteiger partial charge in [-0.15, -0.1) is 11.3 Å². The zero-order valence-electron chi connectivity index (χ0n) is 24.8. The average molecular weight is 605 g/mol. The first-order valence-electron chi connectivity index (χ1n) is 15.8. The van der Waals surface area contributed by atoms with Crippen molar-refractivity contribution in [3.05, 3.63) is 152 Å². The van der Waals surface area contributed by atoms with Gasteiger partial charge in [0.1, 0.15) is 11.6 Å². The Morgan fingerprint density at radius 3 is 2.02 bits per heavy atom. The Bertz CT molecular complexity index is 2800. The van der Waals surface area contributed by atoms with Crippen LogP contribution in [-0.2, 0) is 0 Å². The van der Waals surface area contributed by atoms with Crippen LogP contribution in [0, 0.1) is 0 Å². The smallest absolute Gasteiger partial charge is 0.235 e. The Morgan fingerprint density at radius 2 is 1.22 bits per heavy atom. The molecule has 11 rings (SSSR count). The molecule has 9 aromatic rings. The molecule has 4 heteroatoms. The van der Waals surface area contributed by atoms with Crippen LogP contribution in [0.5, 0.6) is 0 Å². The lowest BCUT2D eigenvalue weighted by molar-refractivity contribution is 0.783. The zero-order valence-corrected chi connectivity index (χ0v) is 25.6. The third kappa shape index (κ3) is 3.09. The van der Waals surface area contributed by atoms with Gasteiger partial charge in [0.2, 0.25) is 17.1 Å². The van der Waals surface area contributed by atoms with Gasteiger partial charge in [-0.1, -0.05) is 97.1 Å². The minimum atomic E-state index is 0.0905. The Balaban J connectivity index is 1.16. The highest BCUT2D eigenvalue weighted by atomic mass is 32.1. The van der Waals surface area contributed by atoms with E-state index >= 15 is 0 Å². The van der Waals surface area contributed by atoms with Gasteiger partial charge >= 0.3 is 0 Å². The predicted octanol–water partition coefficient (Wildman–Crippen LogP) is 11.2. The lowest BCUT2D eigenvalue weighted by Crippen LogP contribution is -2.30. The highest BCUT2D eigenvalue weighted by Gasteiger charge is 2.38. The summed E-state index contributed by atoms with van der Waals surface area (Å²) in [6, 6.07) is 46.9. The molecular weight excluding hydrogens is 579 g/mol. The van der Waals surface area contributed by atoms with Gasteiger partial charge in [0, 0.05) is 67.0 Å². The van der Waals surface area contributed by atoms with Gasteiger partial charge < -0.3 is 9.13 Å². The number of fused-ring (bicyclic) bond motifs is 12. The normalized spacial score (nSPS) is 15.8. The Hall–Kier alpha value is -5.71.